The Morgan fingerprint density at radius 2 is 2.00 bits per heavy atom. The van der Waals surface area contributed by atoms with E-state index in [0.29, 0.717) is 0 Å². The second kappa shape index (κ2) is 6.05. The van der Waals surface area contributed by atoms with Crippen molar-refractivity contribution in [1.82, 2.24) is 0 Å². The molecule has 2 atom stereocenters. The average molecular weight is 302 g/mol. The molecule has 0 heterocycles. The molecule has 0 N–H and O–H groups in total. The standard InChI is InChI=1S/C15H17F3O3/c1-2-21-13(19)14(15(16,17)18)8-12(14)10-20-9-11-6-4-3-5-7-11/h3-7,12H,2,8-10H2,1H3/t12-,14+/m1/s1. The van der Waals surface area contributed by atoms with Crippen molar-refractivity contribution in [3.05, 3.63) is 35.9 Å². The van der Waals surface area contributed by atoms with E-state index in [-0.39, 0.29) is 26.2 Å². The molecule has 0 unspecified atom stereocenters. The van der Waals surface area contributed by atoms with Gasteiger partial charge in [0.15, 0.2) is 5.41 Å². The van der Waals surface area contributed by atoms with E-state index in [1.807, 2.05) is 30.3 Å². The zero-order chi connectivity index (χ0) is 15.5. The van der Waals surface area contributed by atoms with Gasteiger partial charge in [-0.05, 0) is 18.9 Å². The molecule has 21 heavy (non-hydrogen) atoms. The monoisotopic (exact) mass is 302 g/mol. The van der Waals surface area contributed by atoms with E-state index in [9.17, 15) is 18.0 Å². The summed E-state index contributed by atoms with van der Waals surface area (Å²) in [6.07, 6.45) is -4.86. The minimum atomic E-state index is -4.60. The van der Waals surface area contributed by atoms with E-state index >= 15 is 0 Å². The third-order valence-corrected chi connectivity index (χ3v) is 3.68. The molecule has 0 radical (unpaired) electrons. The number of hydrogen-bond acceptors (Lipinski definition) is 3. The van der Waals surface area contributed by atoms with Crippen LogP contribution in [0.5, 0.6) is 0 Å². The zero-order valence-electron chi connectivity index (χ0n) is 11.7. The first kappa shape index (κ1) is 15.8. The highest BCUT2D eigenvalue weighted by molar-refractivity contribution is 5.81. The lowest BCUT2D eigenvalue weighted by molar-refractivity contribution is -0.211. The van der Waals surface area contributed by atoms with Gasteiger partial charge in [0.2, 0.25) is 0 Å². The fourth-order valence-corrected chi connectivity index (χ4v) is 2.40. The second-order valence-electron chi connectivity index (χ2n) is 5.09. The van der Waals surface area contributed by atoms with E-state index in [1.165, 1.54) is 6.92 Å². The summed E-state index contributed by atoms with van der Waals surface area (Å²) in [6.45, 7) is 1.56. The van der Waals surface area contributed by atoms with Crippen molar-refractivity contribution < 1.29 is 27.4 Å². The number of esters is 1. The predicted octanol–water partition coefficient (Wildman–Crippen LogP) is 3.33. The van der Waals surface area contributed by atoms with E-state index in [4.69, 9.17) is 4.74 Å². The highest BCUT2D eigenvalue weighted by Gasteiger charge is 2.76. The quantitative estimate of drug-likeness (QED) is 0.756. The summed E-state index contributed by atoms with van der Waals surface area (Å²) in [5, 5.41) is 0. The maximum absolute atomic E-state index is 13.1. The number of carbonyl (C=O) groups excluding carboxylic acids is 1. The van der Waals surface area contributed by atoms with Gasteiger partial charge in [-0.15, -0.1) is 0 Å². The maximum Gasteiger partial charge on any atom is 0.405 e. The van der Waals surface area contributed by atoms with Crippen LogP contribution in [0.1, 0.15) is 18.9 Å². The lowest BCUT2D eigenvalue weighted by atomic mass is 10.0. The van der Waals surface area contributed by atoms with Gasteiger partial charge in [0.05, 0.1) is 19.8 Å². The fourth-order valence-electron chi connectivity index (χ4n) is 2.40. The van der Waals surface area contributed by atoms with Crippen molar-refractivity contribution in [2.45, 2.75) is 26.1 Å². The fraction of sp³-hybridized carbons (Fsp3) is 0.533. The molecule has 0 saturated heterocycles. The lowest BCUT2D eigenvalue weighted by Crippen LogP contribution is -2.37. The molecule has 3 nitrogen and oxygen atoms in total. The number of rotatable bonds is 6. The number of alkyl halides is 3. The molecular formula is C15H17F3O3. The number of hydrogen-bond donors (Lipinski definition) is 0. The van der Waals surface area contributed by atoms with Gasteiger partial charge in [-0.3, -0.25) is 4.79 Å². The van der Waals surface area contributed by atoms with E-state index in [1.54, 1.807) is 0 Å². The minimum Gasteiger partial charge on any atom is -0.465 e. The molecule has 1 aliphatic carbocycles. The largest absolute Gasteiger partial charge is 0.465 e. The molecule has 1 fully saturated rings. The van der Waals surface area contributed by atoms with Gasteiger partial charge in [-0.2, -0.15) is 13.2 Å². The molecule has 6 heteroatoms. The molecule has 1 aliphatic rings. The maximum atomic E-state index is 13.1. The van der Waals surface area contributed by atoms with Crippen LogP contribution in [-0.4, -0.2) is 25.4 Å². The summed E-state index contributed by atoms with van der Waals surface area (Å²) in [7, 11) is 0. The lowest BCUT2D eigenvalue weighted by Gasteiger charge is -2.19. The van der Waals surface area contributed by atoms with Crippen LogP contribution in [0, 0.1) is 11.3 Å². The Balaban J connectivity index is 1.91. The second-order valence-corrected chi connectivity index (χ2v) is 5.09. The van der Waals surface area contributed by atoms with Gasteiger partial charge < -0.3 is 9.47 Å². The van der Waals surface area contributed by atoms with Crippen molar-refractivity contribution in [1.29, 1.82) is 0 Å². The first-order valence-corrected chi connectivity index (χ1v) is 6.77. The third kappa shape index (κ3) is 3.20. The van der Waals surface area contributed by atoms with E-state index in [2.05, 4.69) is 4.74 Å². The van der Waals surface area contributed by atoms with Gasteiger partial charge in [0.1, 0.15) is 0 Å². The van der Waals surface area contributed by atoms with Crippen LogP contribution < -0.4 is 0 Å². The van der Waals surface area contributed by atoms with Gasteiger partial charge in [0.25, 0.3) is 0 Å². The molecular weight excluding hydrogens is 285 g/mol. The Morgan fingerprint density at radius 3 is 2.57 bits per heavy atom. The highest BCUT2D eigenvalue weighted by Crippen LogP contribution is 2.63. The summed E-state index contributed by atoms with van der Waals surface area (Å²) in [6, 6.07) is 9.16. The van der Waals surface area contributed by atoms with Crippen molar-refractivity contribution in [3.8, 4) is 0 Å². The smallest absolute Gasteiger partial charge is 0.405 e. The topological polar surface area (TPSA) is 35.5 Å². The van der Waals surface area contributed by atoms with Crippen molar-refractivity contribution >= 4 is 5.97 Å². The van der Waals surface area contributed by atoms with E-state index in [0.717, 1.165) is 5.56 Å². The summed E-state index contributed by atoms with van der Waals surface area (Å²) >= 11 is 0. The molecule has 1 aromatic rings. The van der Waals surface area contributed by atoms with Crippen molar-refractivity contribution in [2.75, 3.05) is 13.2 Å². The SMILES string of the molecule is CCOC(=O)[C@]1(C(F)(F)F)C[C@@H]1COCc1ccccc1. The minimum absolute atomic E-state index is 0.0613. The van der Waals surface area contributed by atoms with Crippen LogP contribution in [0.2, 0.25) is 0 Å². The molecule has 0 aromatic heterocycles. The zero-order valence-corrected chi connectivity index (χ0v) is 11.7. The van der Waals surface area contributed by atoms with Crippen molar-refractivity contribution in [2.24, 2.45) is 11.3 Å². The van der Waals surface area contributed by atoms with Crippen molar-refractivity contribution in [3.63, 3.8) is 0 Å². The molecule has 0 aliphatic heterocycles. The molecule has 1 saturated carbocycles. The molecule has 0 spiro atoms. The number of ether oxygens (including phenoxy) is 2. The Hall–Kier alpha value is -1.56. The van der Waals surface area contributed by atoms with E-state index < -0.39 is 23.5 Å². The van der Waals surface area contributed by atoms with Crippen LogP contribution >= 0.6 is 0 Å². The first-order chi connectivity index (χ1) is 9.91. The van der Waals surface area contributed by atoms with Crippen LogP contribution in [-0.2, 0) is 20.9 Å². The Morgan fingerprint density at radius 1 is 1.33 bits per heavy atom. The summed E-state index contributed by atoms with van der Waals surface area (Å²) in [5.41, 5.74) is -1.49. The number of halogens is 3. The molecule has 2 rings (SSSR count). The van der Waals surface area contributed by atoms with Gasteiger partial charge in [-0.25, -0.2) is 0 Å². The summed E-state index contributed by atoms with van der Waals surface area (Å²) < 4.78 is 49.2. The molecule has 0 bridgehead atoms. The highest BCUT2D eigenvalue weighted by atomic mass is 19.4. The summed E-state index contributed by atoms with van der Waals surface area (Å²) in [4.78, 5) is 11.6. The van der Waals surface area contributed by atoms with Gasteiger partial charge in [-0.1, -0.05) is 30.3 Å². The number of carbonyl (C=O) groups is 1. The van der Waals surface area contributed by atoms with Gasteiger partial charge in [0, 0.05) is 5.92 Å². The Bertz CT molecular complexity index is 487. The summed E-state index contributed by atoms with van der Waals surface area (Å²) in [5.74, 6) is -2.05. The molecule has 0 amide bonds. The predicted molar refractivity (Wildman–Crippen MR) is 69.3 cm³/mol. The molecule has 1 aromatic carbocycles. The van der Waals surface area contributed by atoms with Crippen LogP contribution in [0.3, 0.4) is 0 Å². The Labute approximate surface area is 121 Å². The first-order valence-electron chi connectivity index (χ1n) is 6.77. The van der Waals surface area contributed by atoms with Gasteiger partial charge >= 0.3 is 12.1 Å². The molecule has 116 valence electrons. The number of benzene rings is 1. The Kier molecular flexibility index (Phi) is 4.56. The van der Waals surface area contributed by atoms with Crippen LogP contribution in [0.25, 0.3) is 0 Å². The normalized spacial score (nSPS) is 24.7. The van der Waals surface area contributed by atoms with Crippen LogP contribution in [0.4, 0.5) is 13.2 Å². The third-order valence-electron chi connectivity index (χ3n) is 3.68. The average Bonchev–Trinajstić information content (AvgIpc) is 3.16. The van der Waals surface area contributed by atoms with Crippen LogP contribution in [0.15, 0.2) is 30.3 Å².